The van der Waals surface area contributed by atoms with Crippen molar-refractivity contribution in [3.8, 4) is 0 Å². The maximum Gasteiger partial charge on any atom is 0.330 e. The molecule has 2 atom stereocenters. The lowest BCUT2D eigenvalue weighted by Crippen LogP contribution is -2.59. The van der Waals surface area contributed by atoms with Crippen molar-refractivity contribution in [2.75, 3.05) is 19.8 Å². The van der Waals surface area contributed by atoms with Crippen molar-refractivity contribution in [3.63, 3.8) is 0 Å². The molecule has 2 rings (SSSR count). The summed E-state index contributed by atoms with van der Waals surface area (Å²) in [7, 11) is 0. The summed E-state index contributed by atoms with van der Waals surface area (Å²) in [5.74, 6) is -1.36. The van der Waals surface area contributed by atoms with Gasteiger partial charge in [-0.1, -0.05) is 13.3 Å². The van der Waals surface area contributed by atoms with Crippen LogP contribution in [0.25, 0.3) is 0 Å². The molecule has 0 aromatic rings. The Morgan fingerprint density at radius 2 is 2.16 bits per heavy atom. The Bertz CT molecular complexity index is 377. The van der Waals surface area contributed by atoms with E-state index in [1.165, 1.54) is 4.90 Å². The maximum absolute atomic E-state index is 12.2. The van der Waals surface area contributed by atoms with Crippen molar-refractivity contribution in [1.82, 2.24) is 10.2 Å². The zero-order valence-electron chi connectivity index (χ0n) is 11.2. The highest BCUT2D eigenvalue weighted by Crippen LogP contribution is 2.20. The molecule has 2 heterocycles. The molecule has 6 heteroatoms. The number of nitrogens with one attached hydrogen (secondary N) is 1. The lowest BCUT2D eigenvalue weighted by atomic mass is 9.96. The molecule has 0 bridgehead atoms. The second kappa shape index (κ2) is 6.14. The van der Waals surface area contributed by atoms with Crippen LogP contribution in [0, 0.1) is 11.8 Å². The summed E-state index contributed by atoms with van der Waals surface area (Å²) in [6.07, 6.45) is 3.11. The van der Waals surface area contributed by atoms with Crippen LogP contribution in [0.1, 0.15) is 32.6 Å². The van der Waals surface area contributed by atoms with Crippen LogP contribution in [0.4, 0.5) is 4.79 Å². The number of hydrogen-bond donors (Lipinski definition) is 1. The third-order valence-corrected chi connectivity index (χ3v) is 3.63. The van der Waals surface area contributed by atoms with E-state index in [2.05, 4.69) is 5.32 Å². The van der Waals surface area contributed by atoms with Gasteiger partial charge < -0.3 is 4.74 Å². The lowest BCUT2D eigenvalue weighted by molar-refractivity contribution is -0.143. The summed E-state index contributed by atoms with van der Waals surface area (Å²) < 4.78 is 5.35. The molecule has 2 aliphatic rings. The monoisotopic (exact) mass is 268 g/mol. The van der Waals surface area contributed by atoms with Crippen molar-refractivity contribution < 1.29 is 19.1 Å². The minimum absolute atomic E-state index is 0.180. The molecule has 0 saturated carbocycles. The summed E-state index contributed by atoms with van der Waals surface area (Å²) in [5.41, 5.74) is 0. The van der Waals surface area contributed by atoms with Crippen molar-refractivity contribution in [2.24, 2.45) is 11.8 Å². The first kappa shape index (κ1) is 14.0. The van der Waals surface area contributed by atoms with E-state index in [0.717, 1.165) is 25.9 Å². The Morgan fingerprint density at radius 3 is 2.79 bits per heavy atom. The zero-order chi connectivity index (χ0) is 13.8. The Balaban J connectivity index is 2.02. The van der Waals surface area contributed by atoms with Gasteiger partial charge in [-0.15, -0.1) is 0 Å². The fourth-order valence-electron chi connectivity index (χ4n) is 2.59. The number of imide groups is 2. The number of carbonyl (C=O) groups excluding carboxylic acids is 3. The number of barbiturate groups is 1. The highest BCUT2D eigenvalue weighted by Gasteiger charge is 2.40. The van der Waals surface area contributed by atoms with E-state index in [1.807, 2.05) is 6.92 Å². The molecule has 0 aliphatic carbocycles. The first-order chi connectivity index (χ1) is 9.13. The predicted molar refractivity (Wildman–Crippen MR) is 67.2 cm³/mol. The summed E-state index contributed by atoms with van der Waals surface area (Å²) in [5, 5.41) is 2.27. The second-order valence-corrected chi connectivity index (χ2v) is 5.17. The number of rotatable bonds is 4. The predicted octanol–water partition coefficient (Wildman–Crippen LogP) is 0.908. The summed E-state index contributed by atoms with van der Waals surface area (Å²) in [6.45, 7) is 3.57. The van der Waals surface area contributed by atoms with Crippen molar-refractivity contribution in [2.45, 2.75) is 32.6 Å². The van der Waals surface area contributed by atoms with Gasteiger partial charge in [-0.3, -0.25) is 19.8 Å². The van der Waals surface area contributed by atoms with E-state index in [0.29, 0.717) is 19.6 Å². The number of ether oxygens (including phenoxy) is 1. The number of amides is 4. The van der Waals surface area contributed by atoms with E-state index in [4.69, 9.17) is 4.74 Å². The molecule has 0 aromatic heterocycles. The van der Waals surface area contributed by atoms with Crippen LogP contribution in [0.15, 0.2) is 0 Å². The molecule has 4 amide bonds. The third-order valence-electron chi connectivity index (χ3n) is 3.63. The standard InChI is InChI=1S/C13H20N2O4/c1-2-4-10-11(16)14-13(18)15(12(10)17)7-9-5-3-6-19-8-9/h9-10H,2-8H2,1H3,(H,14,16,18). The first-order valence-corrected chi connectivity index (χ1v) is 6.87. The van der Waals surface area contributed by atoms with Crippen LogP contribution in [-0.2, 0) is 14.3 Å². The van der Waals surface area contributed by atoms with E-state index in [1.54, 1.807) is 0 Å². The molecule has 0 aromatic carbocycles. The summed E-state index contributed by atoms with van der Waals surface area (Å²) in [6, 6.07) is -0.590. The van der Waals surface area contributed by atoms with Crippen molar-refractivity contribution in [1.29, 1.82) is 0 Å². The van der Waals surface area contributed by atoms with Crippen LogP contribution in [0.3, 0.4) is 0 Å². The molecule has 2 fully saturated rings. The molecule has 106 valence electrons. The minimum atomic E-state index is -0.716. The average Bonchev–Trinajstić information content (AvgIpc) is 2.41. The second-order valence-electron chi connectivity index (χ2n) is 5.17. The first-order valence-electron chi connectivity index (χ1n) is 6.87. The fraction of sp³-hybridized carbons (Fsp3) is 0.769. The largest absolute Gasteiger partial charge is 0.381 e. The SMILES string of the molecule is CCCC1C(=O)NC(=O)N(CC2CCCOC2)C1=O. The van der Waals surface area contributed by atoms with E-state index < -0.39 is 17.9 Å². The highest BCUT2D eigenvalue weighted by molar-refractivity contribution is 6.16. The molecule has 0 spiro atoms. The van der Waals surface area contributed by atoms with E-state index in [-0.39, 0.29) is 11.8 Å². The van der Waals surface area contributed by atoms with Crippen LogP contribution in [0.2, 0.25) is 0 Å². The average molecular weight is 268 g/mol. The normalized spacial score (nSPS) is 28.5. The number of nitrogens with zero attached hydrogens (tertiary/aromatic N) is 1. The Hall–Kier alpha value is -1.43. The highest BCUT2D eigenvalue weighted by atomic mass is 16.5. The van der Waals surface area contributed by atoms with E-state index in [9.17, 15) is 14.4 Å². The van der Waals surface area contributed by atoms with Crippen LogP contribution < -0.4 is 5.32 Å². The molecular weight excluding hydrogens is 248 g/mol. The maximum atomic E-state index is 12.2. The van der Waals surface area contributed by atoms with Gasteiger partial charge in [-0.05, 0) is 19.3 Å². The number of hydrogen-bond acceptors (Lipinski definition) is 4. The van der Waals surface area contributed by atoms with Crippen LogP contribution in [0.5, 0.6) is 0 Å². The molecular formula is C13H20N2O4. The van der Waals surface area contributed by atoms with Gasteiger partial charge in [0.25, 0.3) is 0 Å². The molecule has 1 N–H and O–H groups in total. The van der Waals surface area contributed by atoms with Crippen LogP contribution in [-0.4, -0.2) is 42.5 Å². The Morgan fingerprint density at radius 1 is 1.37 bits per heavy atom. The van der Waals surface area contributed by atoms with Gasteiger partial charge in [-0.2, -0.15) is 0 Å². The topological polar surface area (TPSA) is 75.7 Å². The molecule has 6 nitrogen and oxygen atoms in total. The lowest BCUT2D eigenvalue weighted by Gasteiger charge is -2.33. The van der Waals surface area contributed by atoms with Gasteiger partial charge in [0.1, 0.15) is 5.92 Å². The smallest absolute Gasteiger partial charge is 0.330 e. The summed E-state index contributed by atoms with van der Waals surface area (Å²) >= 11 is 0. The van der Waals surface area contributed by atoms with Crippen molar-refractivity contribution in [3.05, 3.63) is 0 Å². The third kappa shape index (κ3) is 3.12. The molecule has 2 unspecified atom stereocenters. The molecule has 19 heavy (non-hydrogen) atoms. The van der Waals surface area contributed by atoms with Crippen molar-refractivity contribution >= 4 is 17.8 Å². The quantitative estimate of drug-likeness (QED) is 0.769. The fourth-order valence-corrected chi connectivity index (χ4v) is 2.59. The van der Waals surface area contributed by atoms with E-state index >= 15 is 0 Å². The van der Waals surface area contributed by atoms with Gasteiger partial charge in [-0.25, -0.2) is 4.79 Å². The van der Waals surface area contributed by atoms with Gasteiger partial charge in [0.15, 0.2) is 0 Å². The number of carbonyl (C=O) groups is 3. The molecule has 2 aliphatic heterocycles. The number of urea groups is 1. The van der Waals surface area contributed by atoms with Crippen LogP contribution >= 0.6 is 0 Å². The minimum Gasteiger partial charge on any atom is -0.381 e. The Kier molecular flexibility index (Phi) is 4.52. The van der Waals surface area contributed by atoms with Gasteiger partial charge in [0.2, 0.25) is 11.8 Å². The van der Waals surface area contributed by atoms with Gasteiger partial charge in [0.05, 0.1) is 6.61 Å². The molecule has 2 saturated heterocycles. The van der Waals surface area contributed by atoms with Gasteiger partial charge in [0, 0.05) is 19.1 Å². The summed E-state index contributed by atoms with van der Waals surface area (Å²) in [4.78, 5) is 36.8. The van der Waals surface area contributed by atoms with Gasteiger partial charge >= 0.3 is 6.03 Å². The zero-order valence-corrected chi connectivity index (χ0v) is 11.2. The Labute approximate surface area is 112 Å². The molecule has 0 radical (unpaired) electrons.